The molecule has 1 aromatic heterocycles. The predicted molar refractivity (Wildman–Crippen MR) is 121 cm³/mol. The summed E-state index contributed by atoms with van der Waals surface area (Å²) >= 11 is 11.9. The van der Waals surface area contributed by atoms with Crippen molar-refractivity contribution in [3.8, 4) is 11.3 Å². The number of nitrogens with zero attached hydrogens (tertiary/aromatic N) is 2. The Balaban J connectivity index is 1.70. The number of hydrogen-bond acceptors (Lipinski definition) is 5. The maximum absolute atomic E-state index is 13.6. The van der Waals surface area contributed by atoms with E-state index in [1.54, 1.807) is 6.07 Å². The molecule has 176 valence electrons. The average molecular weight is 530 g/mol. The van der Waals surface area contributed by atoms with E-state index in [0.717, 1.165) is 30.3 Å². The highest BCUT2D eigenvalue weighted by atomic mass is 35.5. The van der Waals surface area contributed by atoms with Crippen molar-refractivity contribution in [2.45, 2.75) is 11.1 Å². The molecule has 0 atom stereocenters. The molecule has 0 saturated carbocycles. The highest BCUT2D eigenvalue weighted by molar-refractivity contribution is 7.89. The first-order valence-electron chi connectivity index (χ1n) is 9.25. The molecular formula is C21H12Cl2F3N3O4S. The van der Waals surface area contributed by atoms with E-state index in [0.29, 0.717) is 15.6 Å². The lowest BCUT2D eigenvalue weighted by molar-refractivity contribution is -0.114. The summed E-state index contributed by atoms with van der Waals surface area (Å²) in [6, 6.07) is 11.9. The first-order valence-corrected chi connectivity index (χ1v) is 11.6. The Labute approximate surface area is 200 Å². The van der Waals surface area contributed by atoms with Crippen LogP contribution in [0.5, 0.6) is 0 Å². The van der Waals surface area contributed by atoms with Gasteiger partial charge >= 0.3 is 6.18 Å². The lowest BCUT2D eigenvalue weighted by Gasteiger charge is -2.11. The number of furan rings is 1. The molecular weight excluding hydrogens is 518 g/mol. The Morgan fingerprint density at radius 1 is 1.00 bits per heavy atom. The summed E-state index contributed by atoms with van der Waals surface area (Å²) in [6.07, 6.45) is -4.02. The summed E-state index contributed by atoms with van der Waals surface area (Å²) in [7, 11) is -4.03. The highest BCUT2D eigenvalue weighted by Crippen LogP contribution is 2.34. The van der Waals surface area contributed by atoms with E-state index in [9.17, 15) is 26.4 Å². The molecule has 0 fully saturated rings. The summed E-state index contributed by atoms with van der Waals surface area (Å²) in [4.78, 5) is 12.6. The fourth-order valence-electron chi connectivity index (χ4n) is 3.08. The van der Waals surface area contributed by atoms with Crippen molar-refractivity contribution in [1.29, 1.82) is 0 Å². The maximum atomic E-state index is 13.6. The van der Waals surface area contributed by atoms with Crippen LogP contribution in [-0.2, 0) is 14.8 Å². The summed E-state index contributed by atoms with van der Waals surface area (Å²) < 4.78 is 69.3. The minimum Gasteiger partial charge on any atom is -0.457 e. The van der Waals surface area contributed by atoms with Gasteiger partial charge in [0.25, 0.3) is 5.91 Å². The van der Waals surface area contributed by atoms with E-state index < -0.39 is 33.4 Å². The van der Waals surface area contributed by atoms with Crippen LogP contribution in [-0.4, -0.2) is 26.2 Å². The van der Waals surface area contributed by atoms with Gasteiger partial charge in [0.05, 0.1) is 26.2 Å². The zero-order valence-electron chi connectivity index (χ0n) is 16.7. The molecule has 7 nitrogen and oxygen atoms in total. The van der Waals surface area contributed by atoms with Gasteiger partial charge in [-0.2, -0.15) is 23.3 Å². The first kappa shape index (κ1) is 24.0. The van der Waals surface area contributed by atoms with Gasteiger partial charge in [-0.15, -0.1) is 0 Å². The van der Waals surface area contributed by atoms with Crippen LogP contribution in [0.1, 0.15) is 5.76 Å². The SMILES string of the molecule is NS(=O)(=O)c1ccc(N2N=C(C(F)(F)F)/C(=C\c3ccc(-c4ccc(Cl)c(Cl)c4)o3)C2=O)cc1. The predicted octanol–water partition coefficient (Wildman–Crippen LogP) is 5.25. The molecule has 13 heteroatoms. The summed E-state index contributed by atoms with van der Waals surface area (Å²) in [5, 5.41) is 9.53. The minimum atomic E-state index is -4.95. The number of alkyl halides is 3. The molecule has 2 heterocycles. The number of amides is 1. The van der Waals surface area contributed by atoms with Crippen LogP contribution >= 0.6 is 23.2 Å². The van der Waals surface area contributed by atoms with Gasteiger partial charge in [0.1, 0.15) is 11.5 Å². The number of carbonyl (C=O) groups is 1. The second kappa shape index (κ2) is 8.58. The third-order valence-electron chi connectivity index (χ3n) is 4.67. The summed E-state index contributed by atoms with van der Waals surface area (Å²) in [6.45, 7) is 0. The second-order valence-electron chi connectivity index (χ2n) is 6.99. The van der Waals surface area contributed by atoms with E-state index in [2.05, 4.69) is 5.10 Å². The van der Waals surface area contributed by atoms with Gasteiger partial charge in [-0.1, -0.05) is 23.2 Å². The van der Waals surface area contributed by atoms with E-state index in [1.165, 1.54) is 24.3 Å². The van der Waals surface area contributed by atoms with E-state index in [-0.39, 0.29) is 27.1 Å². The largest absolute Gasteiger partial charge is 0.457 e. The summed E-state index contributed by atoms with van der Waals surface area (Å²) in [5.41, 5.74) is -1.74. The Morgan fingerprint density at radius 3 is 2.26 bits per heavy atom. The minimum absolute atomic E-state index is 0.0344. The van der Waals surface area contributed by atoms with Gasteiger partial charge < -0.3 is 4.42 Å². The number of primary sulfonamides is 1. The molecule has 1 aliphatic heterocycles. The standard InChI is InChI=1S/C21H12Cl2F3N3O4S/c22-16-7-1-11(9-17(16)23)18-8-4-13(33-18)10-15-19(21(24,25)26)28-29(20(15)30)12-2-5-14(6-3-12)34(27,31)32/h1-10H,(H2,27,31,32)/b15-10+. The lowest BCUT2D eigenvalue weighted by Crippen LogP contribution is -2.25. The Morgan fingerprint density at radius 2 is 1.68 bits per heavy atom. The van der Waals surface area contributed by atoms with Crippen LogP contribution in [0.2, 0.25) is 10.0 Å². The topological polar surface area (TPSA) is 106 Å². The number of rotatable bonds is 4. The van der Waals surface area contributed by atoms with E-state index in [1.807, 2.05) is 0 Å². The van der Waals surface area contributed by atoms with Crippen molar-refractivity contribution in [2.75, 3.05) is 5.01 Å². The molecule has 2 aromatic carbocycles. The third-order valence-corrected chi connectivity index (χ3v) is 6.34. The monoisotopic (exact) mass is 529 g/mol. The van der Waals surface area contributed by atoms with Crippen LogP contribution in [0.25, 0.3) is 17.4 Å². The second-order valence-corrected chi connectivity index (χ2v) is 9.37. The number of hydrogen-bond donors (Lipinski definition) is 1. The molecule has 0 saturated heterocycles. The fraction of sp³-hybridized carbons (Fsp3) is 0.0476. The van der Waals surface area contributed by atoms with Crippen LogP contribution < -0.4 is 10.1 Å². The molecule has 4 rings (SSSR count). The molecule has 0 aliphatic carbocycles. The van der Waals surface area contributed by atoms with Crippen molar-refractivity contribution in [2.24, 2.45) is 10.2 Å². The van der Waals surface area contributed by atoms with E-state index >= 15 is 0 Å². The Bertz CT molecular complexity index is 1460. The molecule has 3 aromatic rings. The van der Waals surface area contributed by atoms with Crippen molar-refractivity contribution in [1.82, 2.24) is 0 Å². The Hall–Kier alpha value is -3.12. The smallest absolute Gasteiger partial charge is 0.435 e. The number of sulfonamides is 1. The summed E-state index contributed by atoms with van der Waals surface area (Å²) in [5.74, 6) is -0.826. The molecule has 34 heavy (non-hydrogen) atoms. The lowest BCUT2D eigenvalue weighted by atomic mass is 10.1. The number of carbonyl (C=O) groups excluding carboxylic acids is 1. The van der Waals surface area contributed by atoms with Crippen LogP contribution in [0.4, 0.5) is 18.9 Å². The number of anilines is 1. The van der Waals surface area contributed by atoms with Crippen molar-refractivity contribution < 1.29 is 30.8 Å². The molecule has 2 N–H and O–H groups in total. The van der Waals surface area contributed by atoms with Crippen molar-refractivity contribution >= 4 is 56.6 Å². The third kappa shape index (κ3) is 4.73. The van der Waals surface area contributed by atoms with E-state index in [4.69, 9.17) is 32.8 Å². The van der Waals surface area contributed by atoms with Crippen LogP contribution in [0.3, 0.4) is 0 Å². The van der Waals surface area contributed by atoms with Crippen LogP contribution in [0.15, 0.2) is 74.6 Å². The van der Waals surface area contributed by atoms with Gasteiger partial charge in [-0.05, 0) is 60.7 Å². The maximum Gasteiger partial charge on any atom is 0.435 e. The molecule has 1 aliphatic rings. The molecule has 0 bridgehead atoms. The molecule has 0 radical (unpaired) electrons. The van der Waals surface area contributed by atoms with Gasteiger partial charge in [0.2, 0.25) is 10.0 Å². The number of benzene rings is 2. The normalized spacial score (nSPS) is 15.8. The van der Waals surface area contributed by atoms with Crippen molar-refractivity contribution in [3.63, 3.8) is 0 Å². The zero-order chi connectivity index (χ0) is 24.8. The van der Waals surface area contributed by atoms with Gasteiger partial charge in [-0.3, -0.25) is 4.79 Å². The van der Waals surface area contributed by atoms with Gasteiger partial charge in [0.15, 0.2) is 5.71 Å². The molecule has 1 amide bonds. The highest BCUT2D eigenvalue weighted by Gasteiger charge is 2.47. The van der Waals surface area contributed by atoms with Gasteiger partial charge in [0, 0.05) is 5.56 Å². The van der Waals surface area contributed by atoms with Crippen LogP contribution in [0, 0.1) is 0 Å². The zero-order valence-corrected chi connectivity index (χ0v) is 19.0. The number of nitrogens with two attached hydrogens (primary N) is 1. The number of halogens is 5. The van der Waals surface area contributed by atoms with Gasteiger partial charge in [-0.25, -0.2) is 13.6 Å². The Kier molecular flexibility index (Phi) is 6.06. The quantitative estimate of drug-likeness (QED) is 0.465. The molecule has 0 unspecified atom stereocenters. The van der Waals surface area contributed by atoms with Crippen molar-refractivity contribution in [3.05, 3.63) is 76.0 Å². The first-order chi connectivity index (χ1) is 15.8. The molecule has 0 spiro atoms. The number of hydrazone groups is 1. The average Bonchev–Trinajstić information content (AvgIpc) is 3.35. The fourth-order valence-corrected chi connectivity index (χ4v) is 3.90.